The number of hydrogen-bond acceptors (Lipinski definition) is 4. The van der Waals surface area contributed by atoms with Gasteiger partial charge in [-0.05, 0) is 37.1 Å². The van der Waals surface area contributed by atoms with E-state index in [0.717, 1.165) is 6.42 Å². The highest BCUT2D eigenvalue weighted by molar-refractivity contribution is 5.95. The predicted octanol–water partition coefficient (Wildman–Crippen LogP) is 2.18. The summed E-state index contributed by atoms with van der Waals surface area (Å²) >= 11 is 0. The zero-order valence-corrected chi connectivity index (χ0v) is 12.2. The van der Waals surface area contributed by atoms with Crippen molar-refractivity contribution >= 4 is 17.6 Å². The van der Waals surface area contributed by atoms with Crippen LogP contribution in [-0.4, -0.2) is 24.5 Å². The Labute approximate surface area is 119 Å². The minimum atomic E-state index is -0.537. The Morgan fingerprint density at radius 2 is 1.85 bits per heavy atom. The Hall–Kier alpha value is -1.88. The van der Waals surface area contributed by atoms with E-state index in [-0.39, 0.29) is 17.8 Å². The van der Waals surface area contributed by atoms with E-state index in [1.165, 1.54) is 0 Å². The van der Waals surface area contributed by atoms with Gasteiger partial charge in [0.2, 0.25) is 5.91 Å². The molecular formula is C15H22N2O3. The van der Waals surface area contributed by atoms with Crippen molar-refractivity contribution in [2.24, 2.45) is 11.7 Å². The fourth-order valence-electron chi connectivity index (χ4n) is 1.64. The molecule has 0 aliphatic heterocycles. The third-order valence-electron chi connectivity index (χ3n) is 3.22. The van der Waals surface area contributed by atoms with E-state index in [0.29, 0.717) is 17.9 Å². The first-order chi connectivity index (χ1) is 9.49. The van der Waals surface area contributed by atoms with Gasteiger partial charge in [-0.3, -0.25) is 4.79 Å². The SMILES string of the molecule is CCOC(=O)c1ccc(NC(=O)C(N)C(C)CC)cc1. The van der Waals surface area contributed by atoms with E-state index in [4.69, 9.17) is 10.5 Å². The fourth-order valence-corrected chi connectivity index (χ4v) is 1.64. The number of nitrogens with one attached hydrogen (secondary N) is 1. The number of rotatable bonds is 6. The van der Waals surface area contributed by atoms with Crippen LogP contribution in [0.15, 0.2) is 24.3 Å². The molecule has 0 saturated carbocycles. The van der Waals surface area contributed by atoms with Gasteiger partial charge in [-0.1, -0.05) is 20.3 Å². The van der Waals surface area contributed by atoms with Crippen LogP contribution in [0.5, 0.6) is 0 Å². The monoisotopic (exact) mass is 278 g/mol. The minimum Gasteiger partial charge on any atom is -0.462 e. The maximum Gasteiger partial charge on any atom is 0.338 e. The van der Waals surface area contributed by atoms with Gasteiger partial charge >= 0.3 is 5.97 Å². The predicted molar refractivity (Wildman–Crippen MR) is 78.5 cm³/mol. The first-order valence-corrected chi connectivity index (χ1v) is 6.83. The van der Waals surface area contributed by atoms with Gasteiger partial charge in [0.1, 0.15) is 0 Å². The number of ether oxygens (including phenoxy) is 1. The van der Waals surface area contributed by atoms with E-state index in [2.05, 4.69) is 5.32 Å². The second-order valence-electron chi connectivity index (χ2n) is 4.70. The molecule has 0 radical (unpaired) electrons. The molecule has 5 heteroatoms. The molecule has 0 spiro atoms. The summed E-state index contributed by atoms with van der Waals surface area (Å²) in [5.41, 5.74) is 6.92. The molecule has 0 aromatic heterocycles. The van der Waals surface area contributed by atoms with Crippen molar-refractivity contribution in [1.29, 1.82) is 0 Å². The molecule has 110 valence electrons. The molecule has 20 heavy (non-hydrogen) atoms. The molecule has 0 heterocycles. The summed E-state index contributed by atoms with van der Waals surface area (Å²) in [5.74, 6) is -0.473. The number of amides is 1. The Bertz CT molecular complexity index is 457. The Morgan fingerprint density at radius 3 is 2.35 bits per heavy atom. The summed E-state index contributed by atoms with van der Waals surface area (Å²) in [5, 5.41) is 2.74. The third kappa shape index (κ3) is 4.35. The van der Waals surface area contributed by atoms with E-state index < -0.39 is 6.04 Å². The standard InChI is InChI=1S/C15H22N2O3/c1-4-10(3)13(16)14(18)17-12-8-6-11(7-9-12)15(19)20-5-2/h6-10,13H,4-5,16H2,1-3H3,(H,17,18). The summed E-state index contributed by atoms with van der Waals surface area (Å²) < 4.78 is 4.89. The molecule has 5 nitrogen and oxygen atoms in total. The van der Waals surface area contributed by atoms with Crippen molar-refractivity contribution in [2.75, 3.05) is 11.9 Å². The van der Waals surface area contributed by atoms with Gasteiger partial charge in [0, 0.05) is 5.69 Å². The van der Waals surface area contributed by atoms with Crippen LogP contribution in [0.1, 0.15) is 37.6 Å². The van der Waals surface area contributed by atoms with Gasteiger partial charge in [-0.2, -0.15) is 0 Å². The lowest BCUT2D eigenvalue weighted by Crippen LogP contribution is -2.40. The fraction of sp³-hybridized carbons (Fsp3) is 0.467. The van der Waals surface area contributed by atoms with E-state index in [9.17, 15) is 9.59 Å². The summed E-state index contributed by atoms with van der Waals surface area (Å²) in [4.78, 5) is 23.4. The van der Waals surface area contributed by atoms with Gasteiger partial charge in [-0.25, -0.2) is 4.79 Å². The maximum atomic E-state index is 11.9. The number of benzene rings is 1. The number of nitrogens with two attached hydrogens (primary N) is 1. The first-order valence-electron chi connectivity index (χ1n) is 6.83. The minimum absolute atomic E-state index is 0.119. The number of carbonyl (C=O) groups excluding carboxylic acids is 2. The molecule has 0 aliphatic carbocycles. The molecule has 2 atom stereocenters. The van der Waals surface area contributed by atoms with Crippen LogP contribution < -0.4 is 11.1 Å². The van der Waals surface area contributed by atoms with Gasteiger partial charge < -0.3 is 15.8 Å². The van der Waals surface area contributed by atoms with Crippen LogP contribution in [-0.2, 0) is 9.53 Å². The topological polar surface area (TPSA) is 81.4 Å². The second kappa shape index (κ2) is 7.65. The molecule has 0 fully saturated rings. The van der Waals surface area contributed by atoms with Crippen molar-refractivity contribution in [1.82, 2.24) is 0 Å². The van der Waals surface area contributed by atoms with Crippen molar-refractivity contribution in [3.05, 3.63) is 29.8 Å². The van der Waals surface area contributed by atoms with Crippen LogP contribution in [0.4, 0.5) is 5.69 Å². The molecular weight excluding hydrogens is 256 g/mol. The van der Waals surface area contributed by atoms with Crippen molar-refractivity contribution in [2.45, 2.75) is 33.2 Å². The molecule has 0 bridgehead atoms. The number of anilines is 1. The molecule has 1 aromatic rings. The summed E-state index contributed by atoms with van der Waals surface area (Å²) in [6.45, 7) is 6.02. The van der Waals surface area contributed by atoms with Crippen LogP contribution in [0, 0.1) is 5.92 Å². The molecule has 1 amide bonds. The highest BCUT2D eigenvalue weighted by Crippen LogP contribution is 2.13. The molecule has 1 rings (SSSR count). The molecule has 1 aromatic carbocycles. The van der Waals surface area contributed by atoms with Crippen LogP contribution in [0.3, 0.4) is 0 Å². The molecule has 2 unspecified atom stereocenters. The lowest BCUT2D eigenvalue weighted by molar-refractivity contribution is -0.118. The lowest BCUT2D eigenvalue weighted by Gasteiger charge is -2.17. The summed E-state index contributed by atoms with van der Waals surface area (Å²) in [7, 11) is 0. The first kappa shape index (κ1) is 16.2. The van der Waals surface area contributed by atoms with Gasteiger partial charge in [-0.15, -0.1) is 0 Å². The lowest BCUT2D eigenvalue weighted by atomic mass is 9.99. The zero-order valence-electron chi connectivity index (χ0n) is 12.2. The van der Waals surface area contributed by atoms with E-state index in [1.54, 1.807) is 31.2 Å². The second-order valence-corrected chi connectivity index (χ2v) is 4.70. The normalized spacial score (nSPS) is 13.4. The Morgan fingerprint density at radius 1 is 1.25 bits per heavy atom. The third-order valence-corrected chi connectivity index (χ3v) is 3.22. The van der Waals surface area contributed by atoms with Gasteiger partial charge in [0.15, 0.2) is 0 Å². The Balaban J connectivity index is 2.66. The van der Waals surface area contributed by atoms with E-state index in [1.807, 2.05) is 13.8 Å². The average Bonchev–Trinajstić information content (AvgIpc) is 2.46. The Kier molecular flexibility index (Phi) is 6.18. The van der Waals surface area contributed by atoms with Crippen LogP contribution >= 0.6 is 0 Å². The maximum absolute atomic E-state index is 11.9. The number of esters is 1. The van der Waals surface area contributed by atoms with E-state index >= 15 is 0 Å². The van der Waals surface area contributed by atoms with Crippen molar-refractivity contribution < 1.29 is 14.3 Å². The molecule has 3 N–H and O–H groups in total. The quantitative estimate of drug-likeness (QED) is 0.781. The van der Waals surface area contributed by atoms with Crippen molar-refractivity contribution in [3.63, 3.8) is 0 Å². The van der Waals surface area contributed by atoms with Crippen molar-refractivity contribution in [3.8, 4) is 0 Å². The average molecular weight is 278 g/mol. The number of carbonyl (C=O) groups is 2. The molecule has 0 saturated heterocycles. The largest absolute Gasteiger partial charge is 0.462 e. The highest BCUT2D eigenvalue weighted by atomic mass is 16.5. The summed E-state index contributed by atoms with van der Waals surface area (Å²) in [6.07, 6.45) is 0.844. The molecule has 0 aliphatic rings. The van der Waals surface area contributed by atoms with Gasteiger partial charge in [0.25, 0.3) is 0 Å². The summed E-state index contributed by atoms with van der Waals surface area (Å²) in [6, 6.07) is 6.01. The zero-order chi connectivity index (χ0) is 15.1. The smallest absolute Gasteiger partial charge is 0.338 e. The van der Waals surface area contributed by atoms with Crippen LogP contribution in [0.25, 0.3) is 0 Å². The highest BCUT2D eigenvalue weighted by Gasteiger charge is 2.19. The number of hydrogen-bond donors (Lipinski definition) is 2. The van der Waals surface area contributed by atoms with Crippen LogP contribution in [0.2, 0.25) is 0 Å². The van der Waals surface area contributed by atoms with Gasteiger partial charge in [0.05, 0.1) is 18.2 Å².